The molecule has 0 aromatic heterocycles. The van der Waals surface area contributed by atoms with Crippen LogP contribution in [0.15, 0.2) is 30.3 Å². The lowest BCUT2D eigenvalue weighted by Gasteiger charge is -2.56. The van der Waals surface area contributed by atoms with E-state index in [1.54, 1.807) is 6.92 Å². The number of hydrazine groups is 1. The van der Waals surface area contributed by atoms with Crippen molar-refractivity contribution in [1.82, 2.24) is 9.91 Å². The van der Waals surface area contributed by atoms with Crippen molar-refractivity contribution >= 4 is 11.6 Å². The van der Waals surface area contributed by atoms with Gasteiger partial charge < -0.3 is 4.74 Å². The number of para-hydroxylation sites is 1. The van der Waals surface area contributed by atoms with Gasteiger partial charge in [0.05, 0.1) is 24.4 Å². The summed E-state index contributed by atoms with van der Waals surface area (Å²) in [7, 11) is 0. The van der Waals surface area contributed by atoms with Crippen LogP contribution in [0.4, 0.5) is 5.69 Å². The second-order valence-electron chi connectivity index (χ2n) is 10.7. The van der Waals surface area contributed by atoms with Crippen molar-refractivity contribution in [3.63, 3.8) is 0 Å². The molecule has 0 N–H and O–H groups in total. The summed E-state index contributed by atoms with van der Waals surface area (Å²) in [4.78, 5) is 15.2. The molecule has 3 aliphatic heterocycles. The lowest BCUT2D eigenvalue weighted by molar-refractivity contribution is -0.222. The van der Waals surface area contributed by atoms with Gasteiger partial charge in [0.15, 0.2) is 0 Å². The van der Waals surface area contributed by atoms with Gasteiger partial charge in [-0.1, -0.05) is 38.5 Å². The van der Waals surface area contributed by atoms with Crippen LogP contribution >= 0.6 is 0 Å². The number of carbonyl (C=O) groups excluding carboxylic acids is 1. The second-order valence-corrected chi connectivity index (χ2v) is 10.7. The summed E-state index contributed by atoms with van der Waals surface area (Å²) >= 11 is 0. The van der Waals surface area contributed by atoms with Gasteiger partial charge in [-0.05, 0) is 44.7 Å². The minimum absolute atomic E-state index is 0.0114. The predicted octanol–water partition coefficient (Wildman–Crippen LogP) is 3.90. The number of ether oxygens (including phenoxy) is 1. The van der Waals surface area contributed by atoms with E-state index in [2.05, 4.69) is 61.9 Å². The first-order valence-electron chi connectivity index (χ1n) is 11.3. The molecule has 4 fully saturated rings. The van der Waals surface area contributed by atoms with Gasteiger partial charge in [0.1, 0.15) is 6.23 Å². The van der Waals surface area contributed by atoms with Crippen molar-refractivity contribution in [1.29, 1.82) is 0 Å². The first kappa shape index (κ1) is 19.4. The van der Waals surface area contributed by atoms with Gasteiger partial charge in [0.25, 0.3) is 0 Å². The summed E-state index contributed by atoms with van der Waals surface area (Å²) in [6.07, 6.45) is 4.06. The van der Waals surface area contributed by atoms with E-state index in [-0.39, 0.29) is 29.1 Å². The number of hydrogen-bond acceptors (Lipinski definition) is 4. The number of hydrogen-bond donors (Lipinski definition) is 0. The molecular formula is C24H35N3O2. The summed E-state index contributed by atoms with van der Waals surface area (Å²) in [5.74, 6) is 1.43. The van der Waals surface area contributed by atoms with Gasteiger partial charge in [-0.2, -0.15) is 0 Å². The molecule has 3 heterocycles. The number of rotatable bonds is 1. The highest BCUT2D eigenvalue weighted by molar-refractivity contribution is 5.77. The number of fused-ring (bicyclic) bond motifs is 4. The monoisotopic (exact) mass is 397 g/mol. The summed E-state index contributed by atoms with van der Waals surface area (Å²) in [5, 5.41) is 4.19. The fourth-order valence-corrected chi connectivity index (χ4v) is 6.72. The Balaban J connectivity index is 1.56. The molecule has 1 amide bonds. The molecule has 0 spiro atoms. The summed E-state index contributed by atoms with van der Waals surface area (Å²) in [6.45, 7) is 13.0. The Morgan fingerprint density at radius 1 is 1.10 bits per heavy atom. The Hall–Kier alpha value is -1.59. The first-order chi connectivity index (χ1) is 13.7. The van der Waals surface area contributed by atoms with E-state index >= 15 is 0 Å². The molecule has 5 rings (SSSR count). The van der Waals surface area contributed by atoms with Crippen LogP contribution in [-0.2, 0) is 9.53 Å². The van der Waals surface area contributed by atoms with Gasteiger partial charge in [-0.15, -0.1) is 0 Å². The number of anilines is 1. The van der Waals surface area contributed by atoms with Crippen LogP contribution in [0.5, 0.6) is 0 Å². The van der Waals surface area contributed by atoms with Crippen molar-refractivity contribution in [3.05, 3.63) is 30.3 Å². The third kappa shape index (κ3) is 2.77. The Morgan fingerprint density at radius 2 is 1.83 bits per heavy atom. The molecule has 1 saturated carbocycles. The second kappa shape index (κ2) is 6.45. The Kier molecular flexibility index (Phi) is 4.31. The third-order valence-corrected chi connectivity index (χ3v) is 8.26. The minimum Gasteiger partial charge on any atom is -0.357 e. The molecule has 6 atom stereocenters. The van der Waals surface area contributed by atoms with E-state index < -0.39 is 0 Å². The van der Waals surface area contributed by atoms with E-state index in [0.717, 1.165) is 31.1 Å². The topological polar surface area (TPSA) is 36.0 Å². The maximum absolute atomic E-state index is 12.6. The van der Waals surface area contributed by atoms with Crippen LogP contribution in [0, 0.1) is 17.3 Å². The minimum atomic E-state index is -0.0114. The van der Waals surface area contributed by atoms with E-state index in [4.69, 9.17) is 4.74 Å². The van der Waals surface area contributed by atoms with Crippen LogP contribution in [0.3, 0.4) is 0 Å². The van der Waals surface area contributed by atoms with Crippen molar-refractivity contribution in [3.8, 4) is 0 Å². The van der Waals surface area contributed by atoms with E-state index in [0.29, 0.717) is 12.0 Å². The van der Waals surface area contributed by atoms with Gasteiger partial charge in [0.2, 0.25) is 5.91 Å². The van der Waals surface area contributed by atoms with Crippen LogP contribution < -0.4 is 5.01 Å². The normalized spacial score (nSPS) is 41.1. The van der Waals surface area contributed by atoms with Crippen molar-refractivity contribution in [2.75, 3.05) is 18.1 Å². The number of carbonyl (C=O) groups is 1. The molecule has 1 aromatic rings. The highest BCUT2D eigenvalue weighted by Gasteiger charge is 2.66. The molecule has 158 valence electrons. The fourth-order valence-electron chi connectivity index (χ4n) is 6.72. The standard InChI is InChI=1S/C24H35N3O2/c1-16-11-12-19-20(13-16)29-22-21-24(5,14-25(22)23(19,3)4)15-26(17(2)28)27(21)18-9-7-6-8-10-18/h6-10,16,19-22H,11-15H2,1-5H3/t16-,19-,20-,21+,22+,24+/m1/s1. The first-order valence-corrected chi connectivity index (χ1v) is 11.3. The zero-order valence-electron chi connectivity index (χ0n) is 18.5. The summed E-state index contributed by atoms with van der Waals surface area (Å²) in [5.41, 5.74) is 1.19. The molecule has 0 bridgehead atoms. The van der Waals surface area contributed by atoms with Crippen molar-refractivity contribution in [2.45, 2.75) is 77.8 Å². The third-order valence-electron chi connectivity index (χ3n) is 8.26. The van der Waals surface area contributed by atoms with E-state index in [1.807, 2.05) is 11.1 Å². The van der Waals surface area contributed by atoms with Crippen molar-refractivity contribution in [2.24, 2.45) is 17.3 Å². The lowest BCUT2D eigenvalue weighted by atomic mass is 9.70. The zero-order chi connectivity index (χ0) is 20.6. The molecule has 3 saturated heterocycles. The molecular weight excluding hydrogens is 362 g/mol. The van der Waals surface area contributed by atoms with Crippen molar-refractivity contribution < 1.29 is 9.53 Å². The molecule has 5 heteroatoms. The van der Waals surface area contributed by atoms with Crippen LogP contribution in [0.2, 0.25) is 0 Å². The fraction of sp³-hybridized carbons (Fsp3) is 0.708. The van der Waals surface area contributed by atoms with Gasteiger partial charge in [-0.3, -0.25) is 19.7 Å². The highest BCUT2D eigenvalue weighted by atomic mass is 16.5. The maximum Gasteiger partial charge on any atom is 0.237 e. The molecule has 1 aromatic carbocycles. The van der Waals surface area contributed by atoms with Gasteiger partial charge >= 0.3 is 0 Å². The average molecular weight is 398 g/mol. The molecule has 5 nitrogen and oxygen atoms in total. The van der Waals surface area contributed by atoms with Crippen LogP contribution in [0.25, 0.3) is 0 Å². The Bertz CT molecular complexity index is 797. The molecule has 4 aliphatic rings. The van der Waals surface area contributed by atoms with E-state index in [1.165, 1.54) is 12.8 Å². The van der Waals surface area contributed by atoms with Gasteiger partial charge in [-0.25, -0.2) is 0 Å². The highest BCUT2D eigenvalue weighted by Crippen LogP contribution is 2.55. The zero-order valence-corrected chi connectivity index (χ0v) is 18.5. The molecule has 0 radical (unpaired) electrons. The predicted molar refractivity (Wildman–Crippen MR) is 114 cm³/mol. The average Bonchev–Trinajstić information content (AvgIpc) is 3.12. The quantitative estimate of drug-likeness (QED) is 0.720. The van der Waals surface area contributed by atoms with Crippen LogP contribution in [-0.4, -0.2) is 52.8 Å². The molecule has 0 unspecified atom stereocenters. The number of amides is 1. The Labute approximate surface area is 175 Å². The number of benzene rings is 1. The summed E-state index contributed by atoms with van der Waals surface area (Å²) in [6, 6.07) is 10.5. The number of nitrogens with zero attached hydrogens (tertiary/aromatic N) is 3. The largest absolute Gasteiger partial charge is 0.357 e. The van der Waals surface area contributed by atoms with Gasteiger partial charge in [0, 0.05) is 30.3 Å². The lowest BCUT2D eigenvalue weighted by Crippen LogP contribution is -2.66. The summed E-state index contributed by atoms with van der Waals surface area (Å²) < 4.78 is 6.93. The Morgan fingerprint density at radius 3 is 2.52 bits per heavy atom. The molecule has 1 aliphatic carbocycles. The maximum atomic E-state index is 12.6. The smallest absolute Gasteiger partial charge is 0.237 e. The molecule has 29 heavy (non-hydrogen) atoms. The van der Waals surface area contributed by atoms with Crippen LogP contribution in [0.1, 0.15) is 53.9 Å². The van der Waals surface area contributed by atoms with E-state index in [9.17, 15) is 4.79 Å². The SMILES string of the molecule is CC(=O)N1C[C@]2(C)CN3[C@@H](O[C@@H]4C[C@H](C)CC[C@H]4C3(C)C)[C@@H]2N1c1ccccc1.